The molecule has 3 rings (SSSR count). The first-order chi connectivity index (χ1) is 14.3. The maximum absolute atomic E-state index is 13.7. The van der Waals surface area contributed by atoms with Gasteiger partial charge in [0.15, 0.2) is 4.87 Å². The van der Waals surface area contributed by atoms with Gasteiger partial charge < -0.3 is 15.7 Å². The van der Waals surface area contributed by atoms with Crippen LogP contribution in [0.4, 0.5) is 37.7 Å². The maximum Gasteiger partial charge on any atom is 0.416 e. The summed E-state index contributed by atoms with van der Waals surface area (Å²) < 4.78 is 80.3. The molecule has 5 nitrogen and oxygen atoms in total. The van der Waals surface area contributed by atoms with Crippen LogP contribution < -0.4 is 10.6 Å². The number of carboxylic acid groups (broad SMARTS) is 1. The van der Waals surface area contributed by atoms with Crippen molar-refractivity contribution in [3.8, 4) is 0 Å². The van der Waals surface area contributed by atoms with E-state index in [1.807, 2.05) is 0 Å². The van der Waals surface area contributed by atoms with Crippen LogP contribution in [0.1, 0.15) is 23.1 Å². The number of carboxylic acids is 1. The lowest BCUT2D eigenvalue weighted by molar-refractivity contribution is -0.139. The van der Waals surface area contributed by atoms with Gasteiger partial charge in [-0.3, -0.25) is 9.59 Å². The number of nitrogens with one attached hydrogen (secondary N) is 2. The third kappa shape index (κ3) is 4.58. The molecule has 0 radical (unpaired) electrons. The number of carbonyl (C=O) groups is 2. The number of thioether (sulfide) groups is 1. The van der Waals surface area contributed by atoms with E-state index in [2.05, 4.69) is 10.6 Å². The van der Waals surface area contributed by atoms with Crippen molar-refractivity contribution in [2.24, 2.45) is 0 Å². The zero-order valence-corrected chi connectivity index (χ0v) is 16.2. The fraction of sp³-hybridized carbons (Fsp3) is 0.263. The summed E-state index contributed by atoms with van der Waals surface area (Å²) in [5.74, 6) is -2.48. The van der Waals surface area contributed by atoms with E-state index >= 15 is 0 Å². The first-order valence-corrected chi connectivity index (χ1v) is 9.66. The van der Waals surface area contributed by atoms with Crippen LogP contribution >= 0.6 is 11.8 Å². The summed E-state index contributed by atoms with van der Waals surface area (Å²) in [5.41, 5.74) is -3.16. The van der Waals surface area contributed by atoms with Gasteiger partial charge in [0.05, 0.1) is 17.5 Å². The number of amides is 1. The molecule has 0 bridgehead atoms. The summed E-state index contributed by atoms with van der Waals surface area (Å²) >= 11 is 0.564. The highest BCUT2D eigenvalue weighted by molar-refractivity contribution is 8.01. The van der Waals surface area contributed by atoms with Crippen molar-refractivity contribution in [1.29, 1.82) is 0 Å². The zero-order chi connectivity index (χ0) is 23.0. The molecule has 1 heterocycles. The topological polar surface area (TPSA) is 78.4 Å². The SMILES string of the molecule is O=C(O)CCSC1(Nc2cccc(C(F)(F)F)c2)C(=O)Nc2cccc(C(F)(F)F)c21. The Bertz CT molecular complexity index is 1020. The van der Waals surface area contributed by atoms with E-state index < -0.39 is 52.2 Å². The first-order valence-electron chi connectivity index (χ1n) is 8.68. The van der Waals surface area contributed by atoms with Crippen molar-refractivity contribution < 1.29 is 41.0 Å². The van der Waals surface area contributed by atoms with Crippen LogP contribution in [0.2, 0.25) is 0 Å². The van der Waals surface area contributed by atoms with Gasteiger partial charge in [0.2, 0.25) is 0 Å². The van der Waals surface area contributed by atoms with Gasteiger partial charge in [0.25, 0.3) is 5.91 Å². The minimum atomic E-state index is -4.87. The van der Waals surface area contributed by atoms with Gasteiger partial charge in [-0.15, -0.1) is 11.8 Å². The third-order valence-corrected chi connectivity index (χ3v) is 5.77. The Morgan fingerprint density at radius 2 is 1.74 bits per heavy atom. The molecule has 0 saturated carbocycles. The fourth-order valence-electron chi connectivity index (χ4n) is 3.16. The highest BCUT2D eigenvalue weighted by Crippen LogP contribution is 2.51. The van der Waals surface area contributed by atoms with Gasteiger partial charge in [-0.05, 0) is 30.3 Å². The van der Waals surface area contributed by atoms with Gasteiger partial charge in [0, 0.05) is 22.7 Å². The van der Waals surface area contributed by atoms with Crippen LogP contribution in [0.25, 0.3) is 0 Å². The molecule has 1 aliphatic rings. The number of anilines is 2. The predicted molar refractivity (Wildman–Crippen MR) is 102 cm³/mol. The van der Waals surface area contributed by atoms with Crippen LogP contribution in [0.15, 0.2) is 42.5 Å². The monoisotopic (exact) mass is 464 g/mol. The van der Waals surface area contributed by atoms with E-state index in [1.54, 1.807) is 0 Å². The summed E-state index contributed by atoms with van der Waals surface area (Å²) in [6, 6.07) is 6.74. The molecule has 1 unspecified atom stereocenters. The highest BCUT2D eigenvalue weighted by Gasteiger charge is 2.53. The van der Waals surface area contributed by atoms with E-state index in [-0.39, 0.29) is 17.1 Å². The summed E-state index contributed by atoms with van der Waals surface area (Å²) in [7, 11) is 0. The number of halogens is 6. The molecule has 0 aliphatic carbocycles. The maximum atomic E-state index is 13.7. The van der Waals surface area contributed by atoms with Crippen molar-refractivity contribution in [3.05, 3.63) is 59.2 Å². The second-order valence-electron chi connectivity index (χ2n) is 6.56. The summed E-state index contributed by atoms with van der Waals surface area (Å²) in [5, 5.41) is 13.7. The Morgan fingerprint density at radius 1 is 1.06 bits per heavy atom. The Labute approximate surface area is 175 Å². The molecule has 12 heteroatoms. The average Bonchev–Trinajstić information content (AvgIpc) is 2.92. The van der Waals surface area contributed by atoms with Crippen LogP contribution in [0.3, 0.4) is 0 Å². The van der Waals surface area contributed by atoms with Crippen molar-refractivity contribution in [2.75, 3.05) is 16.4 Å². The minimum Gasteiger partial charge on any atom is -0.481 e. The second kappa shape index (κ2) is 7.98. The molecule has 166 valence electrons. The number of benzene rings is 2. The molecule has 3 N–H and O–H groups in total. The molecule has 31 heavy (non-hydrogen) atoms. The summed E-state index contributed by atoms with van der Waals surface area (Å²) in [6.45, 7) is 0. The van der Waals surface area contributed by atoms with Gasteiger partial charge in [-0.1, -0.05) is 12.1 Å². The second-order valence-corrected chi connectivity index (χ2v) is 7.87. The Morgan fingerprint density at radius 3 is 2.35 bits per heavy atom. The van der Waals surface area contributed by atoms with E-state index in [4.69, 9.17) is 5.11 Å². The van der Waals surface area contributed by atoms with Gasteiger partial charge in [0.1, 0.15) is 0 Å². The first kappa shape index (κ1) is 22.8. The molecule has 1 atom stereocenters. The number of hydrogen-bond acceptors (Lipinski definition) is 4. The van der Waals surface area contributed by atoms with E-state index in [0.29, 0.717) is 17.8 Å². The number of alkyl halides is 6. The predicted octanol–water partition coefficient (Wildman–Crippen LogP) is 5.15. The molecular formula is C19H14F6N2O3S. The lowest BCUT2D eigenvalue weighted by Crippen LogP contribution is -2.40. The molecule has 2 aromatic rings. The van der Waals surface area contributed by atoms with Crippen LogP contribution in [0.5, 0.6) is 0 Å². The molecule has 2 aromatic carbocycles. The lowest BCUT2D eigenvalue weighted by Gasteiger charge is -2.31. The van der Waals surface area contributed by atoms with Gasteiger partial charge in [-0.25, -0.2) is 0 Å². The summed E-state index contributed by atoms with van der Waals surface area (Å²) in [4.78, 5) is 21.6. The highest BCUT2D eigenvalue weighted by atomic mass is 32.2. The van der Waals surface area contributed by atoms with Gasteiger partial charge in [-0.2, -0.15) is 26.3 Å². The Hall–Kier alpha value is -2.89. The normalized spacial score (nSPS) is 18.5. The largest absolute Gasteiger partial charge is 0.481 e. The standard InChI is InChI=1S/C19H14F6N2O3S/c20-18(21,22)10-3-1-4-11(9-10)27-17(31-8-7-14(28)29)15-12(19(23,24)25)5-2-6-13(15)26-16(17)30/h1-6,9,27H,7-8H2,(H,26,30)(H,28,29). The van der Waals surface area contributed by atoms with Crippen LogP contribution in [0, 0.1) is 0 Å². The number of hydrogen-bond donors (Lipinski definition) is 3. The molecule has 0 aromatic heterocycles. The molecule has 1 amide bonds. The third-order valence-electron chi connectivity index (χ3n) is 4.43. The number of fused-ring (bicyclic) bond motifs is 1. The minimum absolute atomic E-state index is 0.165. The van der Waals surface area contributed by atoms with Gasteiger partial charge >= 0.3 is 18.3 Å². The Kier molecular flexibility index (Phi) is 5.87. The molecule has 0 fully saturated rings. The van der Waals surface area contributed by atoms with E-state index in [1.165, 1.54) is 12.1 Å². The smallest absolute Gasteiger partial charge is 0.416 e. The molecule has 1 aliphatic heterocycles. The fourth-order valence-corrected chi connectivity index (χ4v) is 4.48. The average molecular weight is 464 g/mol. The lowest BCUT2D eigenvalue weighted by atomic mass is 9.99. The van der Waals surface area contributed by atoms with Crippen molar-refractivity contribution in [2.45, 2.75) is 23.6 Å². The van der Waals surface area contributed by atoms with Crippen molar-refractivity contribution >= 4 is 35.0 Å². The number of carbonyl (C=O) groups excluding carboxylic acids is 1. The zero-order valence-electron chi connectivity index (χ0n) is 15.4. The number of aliphatic carboxylic acids is 1. The van der Waals surface area contributed by atoms with Crippen LogP contribution in [-0.4, -0.2) is 22.7 Å². The van der Waals surface area contributed by atoms with E-state index in [9.17, 15) is 35.9 Å². The van der Waals surface area contributed by atoms with E-state index in [0.717, 1.165) is 24.3 Å². The molecule has 0 saturated heterocycles. The molecular weight excluding hydrogens is 450 g/mol. The van der Waals surface area contributed by atoms with Crippen molar-refractivity contribution in [1.82, 2.24) is 0 Å². The Balaban J connectivity index is 2.15. The van der Waals surface area contributed by atoms with Crippen molar-refractivity contribution in [3.63, 3.8) is 0 Å². The summed E-state index contributed by atoms with van der Waals surface area (Å²) in [6.07, 6.45) is -10.1. The number of rotatable bonds is 6. The quantitative estimate of drug-likeness (QED) is 0.407. The molecule has 0 spiro atoms. The van der Waals surface area contributed by atoms with Crippen LogP contribution in [-0.2, 0) is 26.8 Å².